The number of nitrogens with one attached hydrogen (secondary N) is 1. The van der Waals surface area contributed by atoms with E-state index in [9.17, 15) is 14.9 Å². The van der Waals surface area contributed by atoms with E-state index in [1.807, 2.05) is 0 Å². The minimum atomic E-state index is -0.428. The van der Waals surface area contributed by atoms with Crippen molar-refractivity contribution in [1.82, 2.24) is 10.2 Å². The van der Waals surface area contributed by atoms with Gasteiger partial charge in [0, 0.05) is 19.2 Å². The smallest absolute Gasteiger partial charge is 0.269 e. The van der Waals surface area contributed by atoms with E-state index in [0.717, 1.165) is 12.0 Å². The van der Waals surface area contributed by atoms with Crippen LogP contribution in [0.5, 0.6) is 0 Å². The number of carbonyl (C=O) groups excluding carboxylic acids is 1. The van der Waals surface area contributed by atoms with Crippen LogP contribution in [0, 0.1) is 16.0 Å². The van der Waals surface area contributed by atoms with Crippen LogP contribution in [0.4, 0.5) is 5.69 Å². The number of rotatable bonds is 4. The number of hydrogen-bond acceptors (Lipinski definition) is 4. The van der Waals surface area contributed by atoms with Crippen LogP contribution in [-0.4, -0.2) is 28.8 Å². The molecule has 6 nitrogen and oxygen atoms in total. The predicted octanol–water partition coefficient (Wildman–Crippen LogP) is 2.07. The Labute approximate surface area is 117 Å². The number of nitro benzene ring substituents is 1. The molecule has 2 unspecified atom stereocenters. The number of non-ortho nitro benzene ring substituents is 1. The number of nitrogens with zero attached hydrogens (tertiary/aromatic N) is 2. The first-order chi connectivity index (χ1) is 9.40. The third-order valence-electron chi connectivity index (χ3n) is 3.52. The van der Waals surface area contributed by atoms with Crippen LogP contribution < -0.4 is 5.32 Å². The van der Waals surface area contributed by atoms with Crippen molar-refractivity contribution in [2.75, 3.05) is 7.05 Å². The molecule has 1 heterocycles. The third kappa shape index (κ3) is 2.80. The van der Waals surface area contributed by atoms with Crippen LogP contribution in [0.2, 0.25) is 0 Å². The lowest BCUT2D eigenvalue weighted by Gasteiger charge is -2.19. The number of likely N-dealkylation sites (N-methyl/N-ethyl adjacent to an activating group) is 1. The molecule has 1 fully saturated rings. The number of benzene rings is 1. The third-order valence-corrected chi connectivity index (χ3v) is 3.52. The highest BCUT2D eigenvalue weighted by Crippen LogP contribution is 2.27. The van der Waals surface area contributed by atoms with E-state index in [0.29, 0.717) is 5.92 Å². The second-order valence-electron chi connectivity index (χ2n) is 5.55. The van der Waals surface area contributed by atoms with Gasteiger partial charge in [-0.15, -0.1) is 0 Å². The lowest BCUT2D eigenvalue weighted by Crippen LogP contribution is -2.30. The molecule has 20 heavy (non-hydrogen) atoms. The van der Waals surface area contributed by atoms with Crippen LogP contribution in [-0.2, 0) is 4.79 Å². The zero-order valence-electron chi connectivity index (χ0n) is 11.9. The first-order valence-corrected chi connectivity index (χ1v) is 6.67. The predicted molar refractivity (Wildman–Crippen MR) is 75.0 cm³/mol. The summed E-state index contributed by atoms with van der Waals surface area (Å²) in [7, 11) is 1.75. The Morgan fingerprint density at radius 1 is 1.35 bits per heavy atom. The number of nitro groups is 1. The standard InChI is InChI=1S/C14H19N3O3/c1-9(2)8-12-14(18)16(3)13(15-12)10-4-6-11(7-5-10)17(19)20/h4-7,9,12-13,15H,8H2,1-3H3. The largest absolute Gasteiger partial charge is 0.325 e. The molecule has 0 saturated carbocycles. The fourth-order valence-corrected chi connectivity index (χ4v) is 2.49. The van der Waals surface area contributed by atoms with Gasteiger partial charge >= 0.3 is 0 Å². The molecule has 0 aliphatic carbocycles. The van der Waals surface area contributed by atoms with Gasteiger partial charge in [0.2, 0.25) is 5.91 Å². The molecule has 2 rings (SSSR count). The molecule has 1 amide bonds. The summed E-state index contributed by atoms with van der Waals surface area (Å²) in [4.78, 5) is 24.0. The van der Waals surface area contributed by atoms with Gasteiger partial charge < -0.3 is 4.90 Å². The van der Waals surface area contributed by atoms with Crippen LogP contribution in [0.25, 0.3) is 0 Å². The molecule has 0 aromatic heterocycles. The maximum Gasteiger partial charge on any atom is 0.269 e. The molecule has 108 valence electrons. The monoisotopic (exact) mass is 277 g/mol. The molecule has 1 aliphatic rings. The molecule has 2 atom stereocenters. The van der Waals surface area contributed by atoms with Crippen LogP contribution in [0.15, 0.2) is 24.3 Å². The van der Waals surface area contributed by atoms with Crippen molar-refractivity contribution < 1.29 is 9.72 Å². The Balaban J connectivity index is 2.16. The number of amides is 1. The van der Waals surface area contributed by atoms with Gasteiger partial charge in [-0.3, -0.25) is 20.2 Å². The molecular weight excluding hydrogens is 258 g/mol. The summed E-state index contributed by atoms with van der Waals surface area (Å²) in [5, 5.41) is 13.9. The van der Waals surface area contributed by atoms with E-state index >= 15 is 0 Å². The van der Waals surface area contributed by atoms with E-state index in [2.05, 4.69) is 19.2 Å². The Morgan fingerprint density at radius 2 is 1.95 bits per heavy atom. The van der Waals surface area contributed by atoms with Crippen molar-refractivity contribution in [3.8, 4) is 0 Å². The topological polar surface area (TPSA) is 75.5 Å². The van der Waals surface area contributed by atoms with Gasteiger partial charge in [0.15, 0.2) is 0 Å². The van der Waals surface area contributed by atoms with Gasteiger partial charge in [0.25, 0.3) is 5.69 Å². The highest BCUT2D eigenvalue weighted by Gasteiger charge is 2.37. The molecule has 6 heteroatoms. The Morgan fingerprint density at radius 3 is 2.45 bits per heavy atom. The molecular formula is C14H19N3O3. The summed E-state index contributed by atoms with van der Waals surface area (Å²) < 4.78 is 0. The molecule has 1 N–H and O–H groups in total. The van der Waals surface area contributed by atoms with Crippen LogP contribution in [0.1, 0.15) is 32.0 Å². The van der Waals surface area contributed by atoms with Crippen molar-refractivity contribution in [3.05, 3.63) is 39.9 Å². The molecule has 1 aromatic rings. The minimum Gasteiger partial charge on any atom is -0.325 e. The van der Waals surface area contributed by atoms with Crippen molar-refractivity contribution in [2.45, 2.75) is 32.5 Å². The van der Waals surface area contributed by atoms with E-state index in [4.69, 9.17) is 0 Å². The summed E-state index contributed by atoms with van der Waals surface area (Å²) in [6.07, 6.45) is 0.569. The molecule has 1 aliphatic heterocycles. The van der Waals surface area contributed by atoms with E-state index in [1.54, 1.807) is 24.1 Å². The fraction of sp³-hybridized carbons (Fsp3) is 0.500. The SMILES string of the molecule is CC(C)CC1NC(c2ccc([N+](=O)[O-])cc2)N(C)C1=O. The minimum absolute atomic E-state index is 0.0551. The van der Waals surface area contributed by atoms with Crippen molar-refractivity contribution in [3.63, 3.8) is 0 Å². The van der Waals surface area contributed by atoms with Crippen molar-refractivity contribution in [2.24, 2.45) is 5.92 Å². The summed E-state index contributed by atoms with van der Waals surface area (Å²) in [6.45, 7) is 4.16. The zero-order valence-corrected chi connectivity index (χ0v) is 11.9. The average Bonchev–Trinajstić information content (AvgIpc) is 2.67. The maximum atomic E-state index is 12.2. The summed E-state index contributed by atoms with van der Waals surface area (Å²) >= 11 is 0. The average molecular weight is 277 g/mol. The second kappa shape index (κ2) is 5.58. The normalized spacial score (nSPS) is 22.6. The van der Waals surface area contributed by atoms with Gasteiger partial charge in [-0.1, -0.05) is 13.8 Å². The van der Waals surface area contributed by atoms with E-state index in [1.165, 1.54) is 12.1 Å². The highest BCUT2D eigenvalue weighted by molar-refractivity contribution is 5.84. The van der Waals surface area contributed by atoms with Gasteiger partial charge in [-0.2, -0.15) is 0 Å². The van der Waals surface area contributed by atoms with E-state index in [-0.39, 0.29) is 23.8 Å². The van der Waals surface area contributed by atoms with Gasteiger partial charge in [0.1, 0.15) is 6.17 Å². The molecule has 0 bridgehead atoms. The highest BCUT2D eigenvalue weighted by atomic mass is 16.6. The van der Waals surface area contributed by atoms with Crippen LogP contribution in [0.3, 0.4) is 0 Å². The first-order valence-electron chi connectivity index (χ1n) is 6.67. The second-order valence-corrected chi connectivity index (χ2v) is 5.55. The molecule has 0 radical (unpaired) electrons. The summed E-state index contributed by atoms with van der Waals surface area (Å²) in [6, 6.07) is 6.13. The molecule has 1 aromatic carbocycles. The van der Waals surface area contributed by atoms with Gasteiger partial charge in [-0.05, 0) is 30.0 Å². The number of hydrogen-bond donors (Lipinski definition) is 1. The molecule has 0 spiro atoms. The van der Waals surface area contributed by atoms with Crippen molar-refractivity contribution >= 4 is 11.6 Å². The summed E-state index contributed by atoms with van der Waals surface area (Å²) in [5.74, 6) is 0.502. The first kappa shape index (κ1) is 14.5. The summed E-state index contributed by atoms with van der Waals surface area (Å²) in [5.41, 5.74) is 0.914. The molecule has 1 saturated heterocycles. The van der Waals surface area contributed by atoms with Gasteiger partial charge in [0.05, 0.1) is 11.0 Å². The Kier molecular flexibility index (Phi) is 4.04. The van der Waals surface area contributed by atoms with Gasteiger partial charge in [-0.25, -0.2) is 0 Å². The lowest BCUT2D eigenvalue weighted by atomic mass is 10.0. The van der Waals surface area contributed by atoms with E-state index < -0.39 is 4.92 Å². The van der Waals surface area contributed by atoms with Crippen LogP contribution >= 0.6 is 0 Å². The zero-order chi connectivity index (χ0) is 14.9. The Hall–Kier alpha value is -1.95. The lowest BCUT2D eigenvalue weighted by molar-refractivity contribution is -0.384. The fourth-order valence-electron chi connectivity index (χ4n) is 2.49. The quantitative estimate of drug-likeness (QED) is 0.675. The van der Waals surface area contributed by atoms with Crippen molar-refractivity contribution in [1.29, 1.82) is 0 Å². The Bertz CT molecular complexity index is 513. The number of carbonyl (C=O) groups is 1. The maximum absolute atomic E-state index is 12.2.